The van der Waals surface area contributed by atoms with Gasteiger partial charge >= 0.3 is 0 Å². The van der Waals surface area contributed by atoms with Crippen molar-refractivity contribution in [3.8, 4) is 0 Å². The molecular weight excluding hydrogens is 224 g/mol. The Kier molecular flexibility index (Phi) is 3.33. The molecule has 0 amide bonds. The van der Waals surface area contributed by atoms with Crippen molar-refractivity contribution in [2.24, 2.45) is 11.3 Å². The zero-order valence-electron chi connectivity index (χ0n) is 10.3. The minimum Gasteiger partial charge on any atom is -0.365 e. The summed E-state index contributed by atoms with van der Waals surface area (Å²) >= 11 is 6.20. The second-order valence-corrected chi connectivity index (χ2v) is 6.35. The van der Waals surface area contributed by atoms with Gasteiger partial charge < -0.3 is 4.74 Å². The van der Waals surface area contributed by atoms with E-state index in [2.05, 4.69) is 6.92 Å². The Hall–Kier alpha value is -0.0800. The highest BCUT2D eigenvalue weighted by Gasteiger charge is 2.47. The zero-order valence-corrected chi connectivity index (χ0v) is 11.1. The molecule has 0 N–H and O–H groups in total. The summed E-state index contributed by atoms with van der Waals surface area (Å²) in [6.07, 6.45) is 3.85. The fourth-order valence-electron chi connectivity index (χ4n) is 2.68. The summed E-state index contributed by atoms with van der Waals surface area (Å²) in [7, 11) is 0. The number of ether oxygens (including phenoxy) is 1. The summed E-state index contributed by atoms with van der Waals surface area (Å²) in [5, 5.41) is 0.118. The molecule has 4 unspecified atom stereocenters. The van der Waals surface area contributed by atoms with Crippen molar-refractivity contribution in [1.29, 1.82) is 0 Å². The van der Waals surface area contributed by atoms with Crippen LogP contribution in [0.5, 0.6) is 0 Å². The van der Waals surface area contributed by atoms with E-state index in [0.717, 1.165) is 25.7 Å². The topological polar surface area (TPSA) is 26.3 Å². The van der Waals surface area contributed by atoms with E-state index in [1.54, 1.807) is 0 Å². The molecule has 0 aromatic carbocycles. The molecule has 1 aliphatic carbocycles. The number of carbonyl (C=O) groups excluding carboxylic acids is 1. The van der Waals surface area contributed by atoms with E-state index in [9.17, 15) is 4.79 Å². The third kappa shape index (κ3) is 2.02. The summed E-state index contributed by atoms with van der Waals surface area (Å²) in [5.74, 6) is 0.624. The minimum absolute atomic E-state index is 0.105. The summed E-state index contributed by atoms with van der Waals surface area (Å²) in [6, 6.07) is 0. The van der Waals surface area contributed by atoms with Crippen LogP contribution in [-0.2, 0) is 9.53 Å². The Bertz CT molecular complexity index is 288. The highest BCUT2D eigenvalue weighted by Crippen LogP contribution is 2.42. The Labute approximate surface area is 103 Å². The number of fused-ring (bicyclic) bond motifs is 3. The molecule has 2 bridgehead atoms. The van der Waals surface area contributed by atoms with E-state index in [4.69, 9.17) is 16.3 Å². The highest BCUT2D eigenvalue weighted by atomic mass is 35.5. The van der Waals surface area contributed by atoms with Crippen LogP contribution in [0.1, 0.15) is 46.5 Å². The van der Waals surface area contributed by atoms with Gasteiger partial charge in [0.05, 0.1) is 11.5 Å². The lowest BCUT2D eigenvalue weighted by atomic mass is 9.72. The quantitative estimate of drug-likeness (QED) is 0.713. The number of hydrogen-bond acceptors (Lipinski definition) is 2. The van der Waals surface area contributed by atoms with Crippen molar-refractivity contribution in [2.75, 3.05) is 0 Å². The van der Waals surface area contributed by atoms with Gasteiger partial charge in [-0.1, -0.05) is 20.8 Å². The molecule has 2 saturated heterocycles. The predicted molar refractivity (Wildman–Crippen MR) is 64.7 cm³/mol. The Morgan fingerprint density at radius 3 is 2.56 bits per heavy atom. The molecule has 2 heterocycles. The van der Waals surface area contributed by atoms with Crippen molar-refractivity contribution >= 4 is 17.4 Å². The Morgan fingerprint density at radius 2 is 2.12 bits per heavy atom. The second-order valence-electron chi connectivity index (χ2n) is 5.79. The molecule has 0 radical (unpaired) electrons. The lowest BCUT2D eigenvalue weighted by Gasteiger charge is -2.46. The third-order valence-corrected chi connectivity index (χ3v) is 4.77. The third-order valence-electron chi connectivity index (χ3n) is 4.31. The molecule has 0 aromatic heterocycles. The number of ketones is 1. The first-order chi connectivity index (χ1) is 7.45. The van der Waals surface area contributed by atoms with Crippen molar-refractivity contribution in [3.05, 3.63) is 0 Å². The Morgan fingerprint density at radius 1 is 1.44 bits per heavy atom. The van der Waals surface area contributed by atoms with Crippen molar-refractivity contribution < 1.29 is 9.53 Å². The van der Waals surface area contributed by atoms with Gasteiger partial charge in [0.2, 0.25) is 0 Å². The van der Waals surface area contributed by atoms with Crippen LogP contribution in [0.3, 0.4) is 0 Å². The van der Waals surface area contributed by atoms with Gasteiger partial charge in [0.25, 0.3) is 0 Å². The van der Waals surface area contributed by atoms with Crippen molar-refractivity contribution in [1.82, 2.24) is 0 Å². The van der Waals surface area contributed by atoms with Crippen LogP contribution in [0.2, 0.25) is 0 Å². The second kappa shape index (κ2) is 4.30. The molecule has 3 heteroatoms. The first kappa shape index (κ1) is 12.4. The lowest BCUT2D eigenvalue weighted by molar-refractivity contribution is -0.165. The maximum absolute atomic E-state index is 12.4. The summed E-state index contributed by atoms with van der Waals surface area (Å²) in [5.41, 5.74) is -0.260. The molecule has 4 atom stereocenters. The molecule has 3 fully saturated rings. The number of hydrogen-bond donors (Lipinski definition) is 0. The van der Waals surface area contributed by atoms with E-state index in [0.29, 0.717) is 5.92 Å². The average molecular weight is 245 g/mol. The molecule has 2 nitrogen and oxygen atoms in total. The maximum Gasteiger partial charge on any atom is 0.167 e. The van der Waals surface area contributed by atoms with E-state index in [1.165, 1.54) is 0 Å². The van der Waals surface area contributed by atoms with E-state index < -0.39 is 0 Å². The minimum atomic E-state index is -0.260. The van der Waals surface area contributed by atoms with Gasteiger partial charge in [-0.25, -0.2) is 0 Å². The van der Waals surface area contributed by atoms with Crippen molar-refractivity contribution in [3.63, 3.8) is 0 Å². The lowest BCUT2D eigenvalue weighted by Crippen LogP contribution is -2.53. The summed E-state index contributed by atoms with van der Waals surface area (Å²) in [4.78, 5) is 12.4. The molecule has 16 heavy (non-hydrogen) atoms. The smallest absolute Gasteiger partial charge is 0.167 e. The number of rotatable bonds is 3. The number of carbonyl (C=O) groups is 1. The SMILES string of the molecule is CCC(C)(C)C(=O)C1OC2CCC1CC2Cl. The normalized spacial score (nSPS) is 38.8. The maximum atomic E-state index is 12.4. The van der Waals surface area contributed by atoms with Crippen LogP contribution in [-0.4, -0.2) is 23.4 Å². The van der Waals surface area contributed by atoms with Crippen LogP contribution in [0.25, 0.3) is 0 Å². The van der Waals surface area contributed by atoms with Crippen molar-refractivity contribution in [2.45, 2.75) is 64.0 Å². The molecule has 3 aliphatic rings. The van der Waals surface area contributed by atoms with Crippen LogP contribution in [0.4, 0.5) is 0 Å². The van der Waals surface area contributed by atoms with Gasteiger partial charge in [-0.2, -0.15) is 0 Å². The molecule has 1 saturated carbocycles. The van der Waals surface area contributed by atoms with Gasteiger partial charge in [0, 0.05) is 5.41 Å². The molecular formula is C13H21ClO2. The van der Waals surface area contributed by atoms with Gasteiger partial charge in [-0.3, -0.25) is 4.79 Å². The molecule has 3 rings (SSSR count). The predicted octanol–water partition coefficient (Wildman–Crippen LogP) is 3.17. The average Bonchev–Trinajstić information content (AvgIpc) is 2.28. The summed E-state index contributed by atoms with van der Waals surface area (Å²) < 4.78 is 5.87. The number of alkyl halides is 1. The van der Waals surface area contributed by atoms with E-state index in [-0.39, 0.29) is 28.8 Å². The summed E-state index contributed by atoms with van der Waals surface area (Å²) in [6.45, 7) is 6.08. The van der Waals surface area contributed by atoms with Gasteiger partial charge in [-0.15, -0.1) is 11.6 Å². The van der Waals surface area contributed by atoms with Crippen LogP contribution < -0.4 is 0 Å². The fourth-order valence-corrected chi connectivity index (χ4v) is 3.10. The van der Waals surface area contributed by atoms with E-state index >= 15 is 0 Å². The number of Topliss-reactive ketones (excluding diaryl/α,β-unsaturated/α-hetero) is 1. The van der Waals surface area contributed by atoms with Gasteiger partial charge in [0.1, 0.15) is 6.10 Å². The monoisotopic (exact) mass is 244 g/mol. The Balaban J connectivity index is 2.10. The van der Waals surface area contributed by atoms with Crippen LogP contribution in [0.15, 0.2) is 0 Å². The molecule has 2 aliphatic heterocycles. The first-order valence-corrected chi connectivity index (χ1v) is 6.73. The zero-order chi connectivity index (χ0) is 11.9. The van der Waals surface area contributed by atoms with Crippen LogP contribution >= 0.6 is 11.6 Å². The highest BCUT2D eigenvalue weighted by molar-refractivity contribution is 6.21. The fraction of sp³-hybridized carbons (Fsp3) is 0.923. The standard InChI is InChI=1S/C13H21ClO2/c1-4-13(2,3)12(15)11-8-5-6-10(16-11)9(14)7-8/h8-11H,4-7H2,1-3H3. The molecule has 92 valence electrons. The van der Waals surface area contributed by atoms with E-state index in [1.807, 2.05) is 13.8 Å². The molecule has 0 spiro atoms. The van der Waals surface area contributed by atoms with Gasteiger partial charge in [-0.05, 0) is 31.6 Å². The van der Waals surface area contributed by atoms with Gasteiger partial charge in [0.15, 0.2) is 5.78 Å². The van der Waals surface area contributed by atoms with Crippen LogP contribution in [0, 0.1) is 11.3 Å². The molecule has 0 aromatic rings. The first-order valence-electron chi connectivity index (χ1n) is 6.29. The largest absolute Gasteiger partial charge is 0.365 e. The number of halogens is 1.